The van der Waals surface area contributed by atoms with Crippen molar-refractivity contribution in [3.05, 3.63) is 50.9 Å². The Bertz CT molecular complexity index is 919. The number of halogens is 1. The Morgan fingerprint density at radius 2 is 2.09 bits per heavy atom. The zero-order valence-electron chi connectivity index (χ0n) is 13.3. The third kappa shape index (κ3) is 2.72. The highest BCUT2D eigenvalue weighted by atomic mass is 127. The smallest absolute Gasteiger partial charge is 0.164 e. The molecule has 0 unspecified atom stereocenters. The summed E-state index contributed by atoms with van der Waals surface area (Å²) in [7, 11) is 0. The van der Waals surface area contributed by atoms with E-state index in [9.17, 15) is 0 Å². The molecule has 5 heteroatoms. The average Bonchev–Trinajstić information content (AvgIpc) is 2.95. The molecule has 2 aromatic heterocycles. The second kappa shape index (κ2) is 6.28. The number of nitriles is 1. The molecule has 0 saturated heterocycles. The van der Waals surface area contributed by atoms with Crippen LogP contribution in [0.1, 0.15) is 43.5 Å². The molecule has 116 valence electrons. The SMILES string of the molecule is CCc1cc(C#N)ccc1-n1nc(C(C)C)c2c(I)ccnc21. The summed E-state index contributed by atoms with van der Waals surface area (Å²) in [5.74, 6) is 0.319. The van der Waals surface area contributed by atoms with Gasteiger partial charge in [-0.2, -0.15) is 10.4 Å². The summed E-state index contributed by atoms with van der Waals surface area (Å²) in [5.41, 5.74) is 4.71. The van der Waals surface area contributed by atoms with Gasteiger partial charge in [-0.3, -0.25) is 0 Å². The van der Waals surface area contributed by atoms with Gasteiger partial charge in [-0.05, 0) is 64.8 Å². The third-order valence-corrected chi connectivity index (χ3v) is 4.81. The zero-order valence-corrected chi connectivity index (χ0v) is 15.5. The molecule has 2 heterocycles. The van der Waals surface area contributed by atoms with E-state index in [0.29, 0.717) is 11.5 Å². The van der Waals surface area contributed by atoms with E-state index < -0.39 is 0 Å². The van der Waals surface area contributed by atoms with E-state index >= 15 is 0 Å². The van der Waals surface area contributed by atoms with Crippen molar-refractivity contribution in [3.63, 3.8) is 0 Å². The van der Waals surface area contributed by atoms with Gasteiger partial charge in [0.1, 0.15) is 0 Å². The van der Waals surface area contributed by atoms with Crippen LogP contribution >= 0.6 is 22.6 Å². The number of hydrogen-bond acceptors (Lipinski definition) is 3. The molecule has 4 nitrogen and oxygen atoms in total. The average molecular weight is 416 g/mol. The van der Waals surface area contributed by atoms with Gasteiger partial charge in [0.05, 0.1) is 28.4 Å². The quantitative estimate of drug-likeness (QED) is 0.588. The van der Waals surface area contributed by atoms with Gasteiger partial charge in [0.15, 0.2) is 5.65 Å². The van der Waals surface area contributed by atoms with Crippen molar-refractivity contribution >= 4 is 33.6 Å². The van der Waals surface area contributed by atoms with E-state index in [1.165, 1.54) is 0 Å². The maximum Gasteiger partial charge on any atom is 0.164 e. The summed E-state index contributed by atoms with van der Waals surface area (Å²) >= 11 is 2.34. The molecule has 0 saturated carbocycles. The van der Waals surface area contributed by atoms with Crippen molar-refractivity contribution in [1.82, 2.24) is 14.8 Å². The lowest BCUT2D eigenvalue weighted by molar-refractivity contribution is 0.772. The maximum atomic E-state index is 9.12. The third-order valence-electron chi connectivity index (χ3n) is 3.91. The molecule has 0 fully saturated rings. The number of pyridine rings is 1. The van der Waals surface area contributed by atoms with Crippen LogP contribution in [0.15, 0.2) is 30.5 Å². The van der Waals surface area contributed by atoms with E-state index in [-0.39, 0.29) is 0 Å². The predicted molar refractivity (Wildman–Crippen MR) is 99.8 cm³/mol. The molecule has 3 aromatic rings. The van der Waals surface area contributed by atoms with Gasteiger partial charge >= 0.3 is 0 Å². The molecule has 0 N–H and O–H groups in total. The molecule has 0 aliphatic carbocycles. The Labute approximate surface area is 149 Å². The van der Waals surface area contributed by atoms with Crippen LogP contribution in [-0.4, -0.2) is 14.8 Å². The van der Waals surface area contributed by atoms with Crippen LogP contribution in [0, 0.1) is 14.9 Å². The van der Waals surface area contributed by atoms with Gasteiger partial charge in [0, 0.05) is 9.77 Å². The highest BCUT2D eigenvalue weighted by Crippen LogP contribution is 2.30. The minimum absolute atomic E-state index is 0.319. The second-order valence-electron chi connectivity index (χ2n) is 5.75. The first-order chi connectivity index (χ1) is 11.1. The molecular weight excluding hydrogens is 399 g/mol. The Balaban J connectivity index is 2.34. The van der Waals surface area contributed by atoms with Gasteiger partial charge in [0.2, 0.25) is 0 Å². The minimum Gasteiger partial charge on any atom is -0.236 e. The lowest BCUT2D eigenvalue weighted by atomic mass is 10.1. The zero-order chi connectivity index (χ0) is 16.6. The molecule has 0 amide bonds. The van der Waals surface area contributed by atoms with E-state index in [1.807, 2.05) is 35.1 Å². The fourth-order valence-corrected chi connectivity index (χ4v) is 3.43. The molecule has 0 aliphatic heterocycles. The number of hydrogen-bond donors (Lipinski definition) is 0. The van der Waals surface area contributed by atoms with Crippen LogP contribution in [0.25, 0.3) is 16.7 Å². The Hall–Kier alpha value is -1.94. The van der Waals surface area contributed by atoms with Crippen LogP contribution in [0.5, 0.6) is 0 Å². The summed E-state index contributed by atoms with van der Waals surface area (Å²) in [6, 6.07) is 9.96. The summed E-state index contributed by atoms with van der Waals surface area (Å²) < 4.78 is 3.08. The first-order valence-electron chi connectivity index (χ1n) is 7.63. The number of fused-ring (bicyclic) bond motifs is 1. The molecule has 0 spiro atoms. The summed E-state index contributed by atoms with van der Waals surface area (Å²) in [4.78, 5) is 4.57. The highest BCUT2D eigenvalue weighted by Gasteiger charge is 2.19. The van der Waals surface area contributed by atoms with Crippen molar-refractivity contribution in [3.8, 4) is 11.8 Å². The summed E-state index contributed by atoms with van der Waals surface area (Å²) in [6.45, 7) is 6.38. The van der Waals surface area contributed by atoms with E-state index in [0.717, 1.165) is 38.0 Å². The Morgan fingerprint density at radius 1 is 1.30 bits per heavy atom. The molecule has 3 rings (SSSR count). The largest absolute Gasteiger partial charge is 0.236 e. The second-order valence-corrected chi connectivity index (χ2v) is 6.91. The maximum absolute atomic E-state index is 9.12. The van der Waals surface area contributed by atoms with Crippen LogP contribution in [0.3, 0.4) is 0 Å². The van der Waals surface area contributed by atoms with Crippen LogP contribution < -0.4 is 0 Å². The minimum atomic E-state index is 0.319. The fourth-order valence-electron chi connectivity index (χ4n) is 2.75. The molecule has 0 radical (unpaired) electrons. The van der Waals surface area contributed by atoms with Gasteiger partial charge < -0.3 is 0 Å². The normalized spacial score (nSPS) is 11.1. The van der Waals surface area contributed by atoms with Crippen molar-refractivity contribution in [2.45, 2.75) is 33.1 Å². The summed E-state index contributed by atoms with van der Waals surface area (Å²) in [6.07, 6.45) is 2.66. The van der Waals surface area contributed by atoms with Gasteiger partial charge in [-0.15, -0.1) is 0 Å². The van der Waals surface area contributed by atoms with Crippen molar-refractivity contribution in [1.29, 1.82) is 5.26 Å². The van der Waals surface area contributed by atoms with Crippen LogP contribution in [0.4, 0.5) is 0 Å². The van der Waals surface area contributed by atoms with Gasteiger partial charge in [0.25, 0.3) is 0 Å². The van der Waals surface area contributed by atoms with Crippen molar-refractivity contribution < 1.29 is 0 Å². The topological polar surface area (TPSA) is 54.5 Å². The first kappa shape index (κ1) is 15.9. The predicted octanol–water partition coefficient (Wildman–Crippen LogP) is 4.58. The van der Waals surface area contributed by atoms with E-state index in [2.05, 4.69) is 54.4 Å². The molecule has 0 bridgehead atoms. The lowest BCUT2D eigenvalue weighted by Crippen LogP contribution is -2.03. The number of nitrogens with zero attached hydrogens (tertiary/aromatic N) is 4. The molecule has 23 heavy (non-hydrogen) atoms. The molecule has 0 atom stereocenters. The number of aryl methyl sites for hydroxylation is 1. The number of benzene rings is 1. The number of aromatic nitrogens is 3. The van der Waals surface area contributed by atoms with Crippen LogP contribution in [0.2, 0.25) is 0 Å². The van der Waals surface area contributed by atoms with Crippen LogP contribution in [-0.2, 0) is 6.42 Å². The number of rotatable bonds is 3. The molecule has 1 aromatic carbocycles. The summed E-state index contributed by atoms with van der Waals surface area (Å²) in [5, 5.41) is 15.1. The highest BCUT2D eigenvalue weighted by molar-refractivity contribution is 14.1. The first-order valence-corrected chi connectivity index (χ1v) is 8.71. The van der Waals surface area contributed by atoms with Crippen molar-refractivity contribution in [2.75, 3.05) is 0 Å². The Kier molecular flexibility index (Phi) is 4.35. The standard InChI is InChI=1S/C18H17IN4/c1-4-13-9-12(10-20)5-6-15(13)23-18-16(14(19)7-8-21-18)17(22-23)11(2)3/h5-9,11H,4H2,1-3H3. The lowest BCUT2D eigenvalue weighted by Gasteiger charge is -2.09. The van der Waals surface area contributed by atoms with Crippen molar-refractivity contribution in [2.24, 2.45) is 0 Å². The Morgan fingerprint density at radius 3 is 2.74 bits per heavy atom. The fraction of sp³-hybridized carbons (Fsp3) is 0.278. The van der Waals surface area contributed by atoms with Gasteiger partial charge in [-0.25, -0.2) is 9.67 Å². The van der Waals surface area contributed by atoms with E-state index in [4.69, 9.17) is 10.4 Å². The molecule has 0 aliphatic rings. The van der Waals surface area contributed by atoms with Gasteiger partial charge in [-0.1, -0.05) is 20.8 Å². The van der Waals surface area contributed by atoms with E-state index in [1.54, 1.807) is 0 Å². The monoisotopic (exact) mass is 416 g/mol. The molecular formula is C18H17IN4.